The number of anilines is 1. The molecule has 0 atom stereocenters. The number of hydrogen-bond acceptors (Lipinski definition) is 3. The average Bonchev–Trinajstić information content (AvgIpc) is 3.24. The highest BCUT2D eigenvalue weighted by molar-refractivity contribution is 9.10. The van der Waals surface area contributed by atoms with Crippen molar-refractivity contribution in [2.45, 2.75) is 25.4 Å². The Bertz CT molecular complexity index is 437. The molecule has 0 aromatic heterocycles. The predicted octanol–water partition coefficient (Wildman–Crippen LogP) is 2.45. The van der Waals surface area contributed by atoms with E-state index < -0.39 is 0 Å². The molecule has 19 heavy (non-hydrogen) atoms. The number of hydrogen-bond donors (Lipinski definition) is 1. The summed E-state index contributed by atoms with van der Waals surface area (Å²) in [6.07, 6.45) is 2.84. The minimum atomic E-state index is 0.906. The van der Waals surface area contributed by atoms with E-state index in [1.165, 1.54) is 37.2 Å². The van der Waals surface area contributed by atoms with E-state index in [2.05, 4.69) is 49.2 Å². The SMILES string of the molecule is CNCc1cc(Br)ccc1N1CCN(C2CC2)CC1. The molecule has 0 radical (unpaired) electrons. The van der Waals surface area contributed by atoms with Gasteiger partial charge in [-0.3, -0.25) is 4.90 Å². The van der Waals surface area contributed by atoms with Crippen LogP contribution < -0.4 is 10.2 Å². The molecule has 0 spiro atoms. The molecule has 2 fully saturated rings. The minimum Gasteiger partial charge on any atom is -0.369 e. The van der Waals surface area contributed by atoms with Crippen LogP contribution in [0.2, 0.25) is 0 Å². The summed E-state index contributed by atoms with van der Waals surface area (Å²) in [4.78, 5) is 5.20. The highest BCUT2D eigenvalue weighted by Crippen LogP contribution is 2.30. The Balaban J connectivity index is 1.71. The summed E-state index contributed by atoms with van der Waals surface area (Å²) in [5.74, 6) is 0. The van der Waals surface area contributed by atoms with Crippen LogP contribution in [0.4, 0.5) is 5.69 Å². The minimum absolute atomic E-state index is 0.906. The van der Waals surface area contributed by atoms with Crippen molar-refractivity contribution in [3.05, 3.63) is 28.2 Å². The van der Waals surface area contributed by atoms with Crippen molar-refractivity contribution in [2.24, 2.45) is 0 Å². The molecule has 0 bridgehead atoms. The van der Waals surface area contributed by atoms with Crippen molar-refractivity contribution in [3.63, 3.8) is 0 Å². The standard InChI is InChI=1S/C15H22BrN3/c1-17-11-12-10-13(16)2-5-15(12)19-8-6-18(7-9-19)14-3-4-14/h2,5,10,14,17H,3-4,6-9,11H2,1H3. The van der Waals surface area contributed by atoms with Gasteiger partial charge in [0, 0.05) is 48.9 Å². The van der Waals surface area contributed by atoms with Gasteiger partial charge in [-0.2, -0.15) is 0 Å². The Morgan fingerprint density at radius 3 is 2.58 bits per heavy atom. The molecule has 0 unspecified atom stereocenters. The topological polar surface area (TPSA) is 18.5 Å². The molecule has 1 aliphatic carbocycles. The highest BCUT2D eigenvalue weighted by Gasteiger charge is 2.31. The van der Waals surface area contributed by atoms with Gasteiger partial charge in [0.05, 0.1) is 0 Å². The fourth-order valence-corrected chi connectivity index (χ4v) is 3.37. The first-order valence-corrected chi connectivity index (χ1v) is 7.99. The third-order valence-corrected chi connectivity index (χ3v) is 4.62. The molecule has 3 nitrogen and oxygen atoms in total. The van der Waals surface area contributed by atoms with Gasteiger partial charge in [0.15, 0.2) is 0 Å². The van der Waals surface area contributed by atoms with Gasteiger partial charge in [-0.25, -0.2) is 0 Å². The number of piperazine rings is 1. The molecule has 3 rings (SSSR count). The first-order valence-electron chi connectivity index (χ1n) is 7.20. The van der Waals surface area contributed by atoms with Crippen molar-refractivity contribution in [1.82, 2.24) is 10.2 Å². The number of nitrogens with one attached hydrogen (secondary N) is 1. The van der Waals surface area contributed by atoms with Gasteiger partial charge >= 0.3 is 0 Å². The van der Waals surface area contributed by atoms with E-state index in [0.29, 0.717) is 0 Å². The average molecular weight is 324 g/mol. The molecule has 4 heteroatoms. The second-order valence-corrected chi connectivity index (χ2v) is 6.47. The Morgan fingerprint density at radius 2 is 1.95 bits per heavy atom. The van der Waals surface area contributed by atoms with E-state index in [1.807, 2.05) is 7.05 Å². The van der Waals surface area contributed by atoms with Crippen molar-refractivity contribution >= 4 is 21.6 Å². The van der Waals surface area contributed by atoms with Crippen LogP contribution in [-0.4, -0.2) is 44.2 Å². The van der Waals surface area contributed by atoms with Crippen LogP contribution in [0, 0.1) is 0 Å². The first kappa shape index (κ1) is 13.4. The molecule has 1 saturated heterocycles. The molecular formula is C15H22BrN3. The molecule has 1 heterocycles. The lowest BCUT2D eigenvalue weighted by Gasteiger charge is -2.37. The fourth-order valence-electron chi connectivity index (χ4n) is 2.96. The maximum atomic E-state index is 3.57. The van der Waals surface area contributed by atoms with Crippen LogP contribution in [0.15, 0.2) is 22.7 Å². The molecule has 1 saturated carbocycles. The van der Waals surface area contributed by atoms with Gasteiger partial charge < -0.3 is 10.2 Å². The van der Waals surface area contributed by atoms with E-state index >= 15 is 0 Å². The number of nitrogens with zero attached hydrogens (tertiary/aromatic N) is 2. The zero-order valence-electron chi connectivity index (χ0n) is 11.5. The summed E-state index contributed by atoms with van der Waals surface area (Å²) in [7, 11) is 2.01. The molecule has 1 aromatic carbocycles. The van der Waals surface area contributed by atoms with Gasteiger partial charge in [0.1, 0.15) is 0 Å². The van der Waals surface area contributed by atoms with Crippen molar-refractivity contribution < 1.29 is 0 Å². The molecule has 0 amide bonds. The molecule has 104 valence electrons. The van der Waals surface area contributed by atoms with E-state index in [9.17, 15) is 0 Å². The van der Waals surface area contributed by atoms with Crippen LogP contribution in [-0.2, 0) is 6.54 Å². The first-order chi connectivity index (χ1) is 9.28. The Hall–Kier alpha value is -0.580. The van der Waals surface area contributed by atoms with Crippen LogP contribution in [0.25, 0.3) is 0 Å². The number of rotatable bonds is 4. The molecule has 1 N–H and O–H groups in total. The zero-order chi connectivity index (χ0) is 13.2. The Morgan fingerprint density at radius 1 is 1.21 bits per heavy atom. The van der Waals surface area contributed by atoms with Crippen LogP contribution in [0.3, 0.4) is 0 Å². The smallest absolute Gasteiger partial charge is 0.0413 e. The Kier molecular flexibility index (Phi) is 4.10. The van der Waals surface area contributed by atoms with Gasteiger partial charge in [-0.1, -0.05) is 15.9 Å². The summed E-state index contributed by atoms with van der Waals surface area (Å²) >= 11 is 3.57. The predicted molar refractivity (Wildman–Crippen MR) is 83.7 cm³/mol. The van der Waals surface area contributed by atoms with E-state index in [0.717, 1.165) is 30.1 Å². The van der Waals surface area contributed by atoms with Crippen LogP contribution in [0.5, 0.6) is 0 Å². The van der Waals surface area contributed by atoms with E-state index in [1.54, 1.807) is 0 Å². The second kappa shape index (κ2) is 5.81. The summed E-state index contributed by atoms with van der Waals surface area (Å²) in [6.45, 7) is 5.70. The fraction of sp³-hybridized carbons (Fsp3) is 0.600. The summed E-state index contributed by atoms with van der Waals surface area (Å²) < 4.78 is 1.16. The lowest BCUT2D eigenvalue weighted by atomic mass is 10.1. The quantitative estimate of drug-likeness (QED) is 0.918. The summed E-state index contributed by atoms with van der Waals surface area (Å²) in [5, 5.41) is 3.27. The van der Waals surface area contributed by atoms with E-state index in [4.69, 9.17) is 0 Å². The maximum absolute atomic E-state index is 3.57. The normalized spacial score (nSPS) is 20.8. The summed E-state index contributed by atoms with van der Waals surface area (Å²) in [6, 6.07) is 7.55. The summed E-state index contributed by atoms with van der Waals surface area (Å²) in [5.41, 5.74) is 2.78. The van der Waals surface area contributed by atoms with E-state index in [-0.39, 0.29) is 0 Å². The van der Waals surface area contributed by atoms with Gasteiger partial charge in [-0.05, 0) is 43.7 Å². The molecule has 2 aliphatic rings. The largest absolute Gasteiger partial charge is 0.369 e. The van der Waals surface area contributed by atoms with Crippen LogP contribution >= 0.6 is 15.9 Å². The van der Waals surface area contributed by atoms with Crippen molar-refractivity contribution in [2.75, 3.05) is 38.1 Å². The monoisotopic (exact) mass is 323 g/mol. The number of benzene rings is 1. The number of halogens is 1. The third kappa shape index (κ3) is 3.12. The highest BCUT2D eigenvalue weighted by atomic mass is 79.9. The van der Waals surface area contributed by atoms with Gasteiger partial charge in [-0.15, -0.1) is 0 Å². The zero-order valence-corrected chi connectivity index (χ0v) is 13.1. The van der Waals surface area contributed by atoms with Gasteiger partial charge in [0.2, 0.25) is 0 Å². The van der Waals surface area contributed by atoms with Crippen LogP contribution in [0.1, 0.15) is 18.4 Å². The molecular weight excluding hydrogens is 302 g/mol. The third-order valence-electron chi connectivity index (χ3n) is 4.13. The lowest BCUT2D eigenvalue weighted by molar-refractivity contribution is 0.248. The molecule has 1 aliphatic heterocycles. The maximum Gasteiger partial charge on any atom is 0.0413 e. The lowest BCUT2D eigenvalue weighted by Crippen LogP contribution is -2.47. The van der Waals surface area contributed by atoms with Crippen molar-refractivity contribution in [3.8, 4) is 0 Å². The molecule has 1 aromatic rings. The van der Waals surface area contributed by atoms with Crippen molar-refractivity contribution in [1.29, 1.82) is 0 Å². The van der Waals surface area contributed by atoms with Gasteiger partial charge in [0.25, 0.3) is 0 Å². The Labute approximate surface area is 124 Å². The second-order valence-electron chi connectivity index (χ2n) is 5.56.